The van der Waals surface area contributed by atoms with Crippen LogP contribution in [0.25, 0.3) is 51.4 Å². The van der Waals surface area contributed by atoms with Gasteiger partial charge in [0.25, 0.3) is 0 Å². The van der Waals surface area contributed by atoms with Gasteiger partial charge in [0.2, 0.25) is 0 Å². The Labute approximate surface area is 347 Å². The highest BCUT2D eigenvalue weighted by Crippen LogP contribution is 2.51. The SMILES string of the molecule is N#Cc1cc2c(cc1C#N)C(=O)C(=Cc1cc3sc4c5sc6cc(C=C7C(=O)c8cc(C#N)c(C#N)cc8C7=O)sc6c5n(C(=O)OCc5ccccc5)c4c3s1)C2=O. The van der Waals surface area contributed by atoms with Gasteiger partial charge in [0.15, 0.2) is 23.1 Å². The lowest BCUT2D eigenvalue weighted by atomic mass is 10.0. The van der Waals surface area contributed by atoms with Crippen LogP contribution in [0.5, 0.6) is 0 Å². The summed E-state index contributed by atoms with van der Waals surface area (Å²) in [6.45, 7) is 0.00258. The number of carbonyl (C=O) groups is 5. The van der Waals surface area contributed by atoms with Gasteiger partial charge in [-0.05, 0) is 54.1 Å². The summed E-state index contributed by atoms with van der Waals surface area (Å²) in [5, 5.41) is 37.9. The van der Waals surface area contributed by atoms with E-state index in [9.17, 15) is 45.0 Å². The predicted molar refractivity (Wildman–Crippen MR) is 223 cm³/mol. The van der Waals surface area contributed by atoms with Crippen molar-refractivity contribution in [2.45, 2.75) is 6.61 Å². The van der Waals surface area contributed by atoms with Crippen LogP contribution in [-0.2, 0) is 11.3 Å². The molecule has 15 heteroatoms. The largest absolute Gasteiger partial charge is 0.444 e. The fourth-order valence-corrected chi connectivity index (χ4v) is 12.6. The summed E-state index contributed by atoms with van der Waals surface area (Å²) in [6.07, 6.45) is 2.36. The molecule has 0 unspecified atom stereocenters. The van der Waals surface area contributed by atoms with Crippen LogP contribution in [0.1, 0.15) is 79.0 Å². The summed E-state index contributed by atoms with van der Waals surface area (Å²) in [6, 6.07) is 25.6. The zero-order valence-corrected chi connectivity index (χ0v) is 32.8. The van der Waals surface area contributed by atoms with Crippen molar-refractivity contribution in [2.75, 3.05) is 0 Å². The Kier molecular flexibility index (Phi) is 8.01. The molecule has 0 bridgehead atoms. The number of nitriles is 4. The van der Waals surface area contributed by atoms with Gasteiger partial charge >= 0.3 is 6.09 Å². The normalized spacial score (nSPS) is 13.2. The van der Waals surface area contributed by atoms with E-state index in [4.69, 9.17) is 4.74 Å². The number of carbonyl (C=O) groups excluding carboxylic acids is 5. The molecule has 276 valence electrons. The van der Waals surface area contributed by atoms with Crippen molar-refractivity contribution in [1.82, 2.24) is 4.57 Å². The third-order valence-electron chi connectivity index (χ3n) is 10.1. The van der Waals surface area contributed by atoms with Crippen molar-refractivity contribution >= 4 is 126 Å². The molecule has 0 amide bonds. The maximum Gasteiger partial charge on any atom is 0.419 e. The number of aromatic nitrogens is 1. The first-order chi connectivity index (χ1) is 28.6. The minimum atomic E-state index is -0.633. The van der Waals surface area contributed by atoms with Crippen LogP contribution in [0.3, 0.4) is 0 Å². The van der Waals surface area contributed by atoms with Gasteiger partial charge in [-0.25, -0.2) is 9.36 Å². The van der Waals surface area contributed by atoms with E-state index >= 15 is 0 Å². The molecule has 0 N–H and O–H groups in total. The smallest absolute Gasteiger partial charge is 0.419 e. The second-order valence-corrected chi connectivity index (χ2v) is 17.7. The van der Waals surface area contributed by atoms with Gasteiger partial charge in [0.05, 0.1) is 63.2 Å². The van der Waals surface area contributed by atoms with E-state index in [2.05, 4.69) is 0 Å². The van der Waals surface area contributed by atoms with Crippen molar-refractivity contribution in [3.05, 3.63) is 138 Å². The summed E-state index contributed by atoms with van der Waals surface area (Å²) in [7, 11) is 0. The molecule has 10 rings (SSSR count). The van der Waals surface area contributed by atoms with Crippen molar-refractivity contribution in [3.63, 3.8) is 0 Å². The number of hydrogen-bond donors (Lipinski definition) is 0. The van der Waals surface area contributed by atoms with Crippen LogP contribution in [0.15, 0.2) is 77.9 Å². The molecule has 11 nitrogen and oxygen atoms in total. The standard InChI is InChI=1S/C44H15N5O6S4/c45-14-20-6-26-27(7-21(20)15-46)37(51)30(36(26)50)10-24-12-32-40(56-24)34-42(58-32)43-35(49(34)44(54)55-18-19-4-2-1-3-5-19)41-33(59-43)13-25(57-41)11-31-38(52)28-8-22(16-47)23(17-48)9-29(28)39(31)53/h1-13H,18H2. The van der Waals surface area contributed by atoms with E-state index in [-0.39, 0.29) is 62.3 Å². The van der Waals surface area contributed by atoms with Crippen molar-refractivity contribution in [1.29, 1.82) is 21.0 Å². The first-order valence-electron chi connectivity index (χ1n) is 17.3. The number of benzene rings is 3. The molecule has 0 saturated carbocycles. The summed E-state index contributed by atoms with van der Waals surface area (Å²) in [5.41, 5.74) is 2.07. The van der Waals surface area contributed by atoms with E-state index in [1.54, 1.807) is 0 Å². The summed E-state index contributed by atoms with van der Waals surface area (Å²) in [5.74, 6) is -2.18. The monoisotopic (exact) mass is 837 g/mol. The van der Waals surface area contributed by atoms with Crippen LogP contribution in [-0.4, -0.2) is 33.8 Å². The number of thiophene rings is 4. The first-order valence-corrected chi connectivity index (χ1v) is 20.6. The van der Waals surface area contributed by atoms with E-state index in [1.165, 1.54) is 86.3 Å². The number of ketones is 4. The van der Waals surface area contributed by atoms with Gasteiger partial charge < -0.3 is 4.74 Å². The molecule has 59 heavy (non-hydrogen) atoms. The fraction of sp³-hybridized carbons (Fsp3) is 0.0227. The van der Waals surface area contributed by atoms with Gasteiger partial charge in [-0.1, -0.05) is 30.3 Å². The van der Waals surface area contributed by atoms with Crippen LogP contribution in [0.2, 0.25) is 0 Å². The zero-order chi connectivity index (χ0) is 40.9. The minimum absolute atomic E-state index is 0.00258. The van der Waals surface area contributed by atoms with Crippen molar-refractivity contribution < 1.29 is 28.7 Å². The van der Waals surface area contributed by atoms with Crippen LogP contribution >= 0.6 is 45.3 Å². The third kappa shape index (κ3) is 5.28. The number of nitrogens with zero attached hydrogens (tertiary/aromatic N) is 5. The molecule has 0 aliphatic heterocycles. The number of allylic oxidation sites excluding steroid dienone is 2. The van der Waals surface area contributed by atoms with Gasteiger partial charge in [0.1, 0.15) is 30.9 Å². The highest BCUT2D eigenvalue weighted by Gasteiger charge is 2.36. The molecule has 0 saturated heterocycles. The Morgan fingerprint density at radius 1 is 0.559 bits per heavy atom. The Morgan fingerprint density at radius 2 is 0.949 bits per heavy atom. The third-order valence-corrected chi connectivity index (χ3v) is 14.9. The quantitative estimate of drug-likeness (QED) is 0.122. The maximum atomic E-state index is 14.3. The molecule has 8 aromatic rings. The van der Waals surface area contributed by atoms with Crippen molar-refractivity contribution in [3.8, 4) is 24.3 Å². The predicted octanol–water partition coefficient (Wildman–Crippen LogP) is 9.94. The van der Waals surface area contributed by atoms with Gasteiger partial charge in [-0.2, -0.15) is 21.0 Å². The average molecular weight is 838 g/mol. The number of rotatable bonds is 4. The van der Waals surface area contributed by atoms with Gasteiger partial charge in [-0.3, -0.25) is 19.2 Å². The molecule has 3 aromatic carbocycles. The van der Waals surface area contributed by atoms with Crippen molar-refractivity contribution in [2.24, 2.45) is 0 Å². The topological polar surface area (TPSA) is 195 Å². The number of fused-ring (bicyclic) bond motifs is 9. The first kappa shape index (κ1) is 35.8. The molecule has 2 aliphatic carbocycles. The maximum absolute atomic E-state index is 14.3. The lowest BCUT2D eigenvalue weighted by molar-refractivity contribution is 0.0975. The number of hydrogen-bond acceptors (Lipinski definition) is 14. The molecule has 2 aliphatic rings. The fourth-order valence-electron chi connectivity index (χ4n) is 7.38. The molecule has 0 atom stereocenters. The van der Waals surface area contributed by atoms with E-state index in [0.29, 0.717) is 20.8 Å². The Balaban J connectivity index is 1.09. The second-order valence-electron chi connectivity index (χ2n) is 13.4. The van der Waals surface area contributed by atoms with Crippen LogP contribution in [0, 0.1) is 45.3 Å². The highest BCUT2D eigenvalue weighted by molar-refractivity contribution is 7.39. The molecule has 0 radical (unpaired) electrons. The molecule has 5 aromatic heterocycles. The molecule has 0 spiro atoms. The molecular weight excluding hydrogens is 823 g/mol. The van der Waals surface area contributed by atoms with E-state index < -0.39 is 29.2 Å². The zero-order valence-electron chi connectivity index (χ0n) is 29.5. The summed E-state index contributed by atoms with van der Waals surface area (Å²) in [4.78, 5) is 69.2. The van der Waals surface area contributed by atoms with E-state index in [1.807, 2.05) is 66.7 Å². The highest BCUT2D eigenvalue weighted by atomic mass is 32.1. The lowest BCUT2D eigenvalue weighted by Gasteiger charge is -2.07. The Morgan fingerprint density at radius 3 is 1.32 bits per heavy atom. The van der Waals surface area contributed by atoms with E-state index in [0.717, 1.165) is 33.8 Å². The Bertz CT molecular complexity index is 3280. The van der Waals surface area contributed by atoms with Gasteiger partial charge in [0, 0.05) is 41.4 Å². The molecule has 0 fully saturated rings. The summed E-state index contributed by atoms with van der Waals surface area (Å²) >= 11 is 5.49. The molecular formula is C44H15N5O6S4. The second kappa shape index (κ2) is 13.2. The number of Topliss-reactive ketones (excluding diaryl/α,β-unsaturated/α-hetero) is 4. The lowest BCUT2D eigenvalue weighted by Crippen LogP contribution is -2.13. The average Bonchev–Trinajstić information content (AvgIpc) is 4.11. The number of ether oxygens (including phenoxy) is 1. The Hall–Kier alpha value is -7.63. The van der Waals surface area contributed by atoms with Crippen LogP contribution < -0.4 is 0 Å². The minimum Gasteiger partial charge on any atom is -0.444 e. The van der Waals surface area contributed by atoms with Gasteiger partial charge in [-0.15, -0.1) is 45.3 Å². The van der Waals surface area contributed by atoms with Crippen LogP contribution in [0.4, 0.5) is 4.79 Å². The molecule has 5 heterocycles. The summed E-state index contributed by atoms with van der Waals surface area (Å²) < 4.78 is 12.2.